The Balaban J connectivity index is 2.39. The Morgan fingerprint density at radius 3 is 2.60 bits per heavy atom. The molecule has 0 aliphatic carbocycles. The quantitative estimate of drug-likeness (QED) is 0.750. The van der Waals surface area contributed by atoms with Crippen LogP contribution in [0.15, 0.2) is 24.3 Å². The maximum Gasteiger partial charge on any atom is 0.233 e. The molecule has 0 aromatic heterocycles. The van der Waals surface area contributed by atoms with E-state index in [-0.39, 0.29) is 23.1 Å². The largest absolute Gasteiger partial charge is 0.355 e. The number of anilines is 1. The maximum atomic E-state index is 11.8. The van der Waals surface area contributed by atoms with Crippen molar-refractivity contribution in [1.82, 2.24) is 5.32 Å². The molecule has 1 atom stereocenters. The number of alkyl halides is 1. The van der Waals surface area contributed by atoms with Crippen LogP contribution in [0.2, 0.25) is 0 Å². The summed E-state index contributed by atoms with van der Waals surface area (Å²) in [4.78, 5) is 23.2. The van der Waals surface area contributed by atoms with Gasteiger partial charge >= 0.3 is 0 Å². The number of para-hydroxylation sites is 1. The van der Waals surface area contributed by atoms with Crippen LogP contribution in [0.25, 0.3) is 0 Å². The summed E-state index contributed by atoms with van der Waals surface area (Å²) in [6.45, 7) is 4.32. The first-order valence-corrected chi connectivity index (χ1v) is 7.79. The first-order chi connectivity index (χ1) is 9.58. The molecule has 1 rings (SSSR count). The first-order valence-electron chi connectivity index (χ1n) is 6.88. The predicted molar refractivity (Wildman–Crippen MR) is 85.1 cm³/mol. The molecule has 0 aliphatic rings. The summed E-state index contributed by atoms with van der Waals surface area (Å²) in [5.41, 5.74) is 1.95. The highest BCUT2D eigenvalue weighted by molar-refractivity contribution is 9.10. The van der Waals surface area contributed by atoms with Crippen LogP contribution in [0.3, 0.4) is 0 Å². The number of amides is 2. The van der Waals surface area contributed by atoms with Crippen molar-refractivity contribution in [3.8, 4) is 0 Å². The monoisotopic (exact) mass is 340 g/mol. The smallest absolute Gasteiger partial charge is 0.233 e. The fourth-order valence-electron chi connectivity index (χ4n) is 1.76. The molecule has 0 heterocycles. The van der Waals surface area contributed by atoms with Crippen LogP contribution in [0.4, 0.5) is 5.69 Å². The molecule has 2 amide bonds. The summed E-state index contributed by atoms with van der Waals surface area (Å²) >= 11 is 3.27. The predicted octanol–water partition coefficient (Wildman–Crippen LogP) is 2.87. The highest BCUT2D eigenvalue weighted by atomic mass is 79.9. The van der Waals surface area contributed by atoms with Gasteiger partial charge in [0.2, 0.25) is 11.8 Å². The molecule has 5 heteroatoms. The van der Waals surface area contributed by atoms with Crippen LogP contribution in [0, 0.1) is 0 Å². The number of carbonyl (C=O) groups is 2. The third kappa shape index (κ3) is 5.33. The number of rotatable bonds is 7. The zero-order chi connectivity index (χ0) is 15.0. The van der Waals surface area contributed by atoms with Gasteiger partial charge in [-0.25, -0.2) is 0 Å². The molecule has 20 heavy (non-hydrogen) atoms. The van der Waals surface area contributed by atoms with Crippen molar-refractivity contribution >= 4 is 33.4 Å². The molecular formula is C15H21BrN2O2. The van der Waals surface area contributed by atoms with E-state index < -0.39 is 0 Å². The summed E-state index contributed by atoms with van der Waals surface area (Å²) in [7, 11) is 0. The second kappa shape index (κ2) is 8.74. The minimum Gasteiger partial charge on any atom is -0.355 e. The van der Waals surface area contributed by atoms with Crippen LogP contribution in [-0.2, 0) is 16.0 Å². The average Bonchev–Trinajstić information content (AvgIpc) is 2.46. The fourth-order valence-corrected chi connectivity index (χ4v) is 1.92. The zero-order valence-electron chi connectivity index (χ0n) is 11.9. The van der Waals surface area contributed by atoms with Gasteiger partial charge in [0.1, 0.15) is 0 Å². The molecule has 110 valence electrons. The third-order valence-electron chi connectivity index (χ3n) is 2.97. The Hall–Kier alpha value is -1.36. The van der Waals surface area contributed by atoms with Gasteiger partial charge in [-0.2, -0.15) is 0 Å². The van der Waals surface area contributed by atoms with Gasteiger partial charge in [-0.1, -0.05) is 48.0 Å². The summed E-state index contributed by atoms with van der Waals surface area (Å²) in [5.74, 6) is -0.164. The molecular weight excluding hydrogens is 320 g/mol. The van der Waals surface area contributed by atoms with Crippen LogP contribution in [0.5, 0.6) is 0 Å². The molecule has 0 spiro atoms. The van der Waals surface area contributed by atoms with Crippen molar-refractivity contribution < 1.29 is 9.59 Å². The molecule has 0 bridgehead atoms. The van der Waals surface area contributed by atoms with Gasteiger partial charge < -0.3 is 10.6 Å². The van der Waals surface area contributed by atoms with Gasteiger partial charge in [-0.05, 0) is 24.5 Å². The standard InChI is InChI=1S/C15H21BrN2O2/c1-3-11-7-5-6-8-13(11)18-14(19)9-10-17-15(20)12(16)4-2/h5-8,12H,3-4,9-10H2,1-2H3,(H,17,20)(H,18,19)/t12-/m0/s1. The zero-order valence-corrected chi connectivity index (χ0v) is 13.5. The van der Waals surface area contributed by atoms with Crippen molar-refractivity contribution in [1.29, 1.82) is 0 Å². The van der Waals surface area contributed by atoms with E-state index in [9.17, 15) is 9.59 Å². The molecule has 0 saturated heterocycles. The summed E-state index contributed by atoms with van der Waals surface area (Å²) in [5, 5.41) is 5.61. The van der Waals surface area contributed by atoms with E-state index in [0.717, 1.165) is 24.1 Å². The second-order valence-corrected chi connectivity index (χ2v) is 5.58. The highest BCUT2D eigenvalue weighted by Crippen LogP contribution is 2.15. The molecule has 0 saturated carbocycles. The lowest BCUT2D eigenvalue weighted by atomic mass is 10.1. The number of hydrogen-bond donors (Lipinski definition) is 2. The van der Waals surface area contributed by atoms with Crippen molar-refractivity contribution in [3.63, 3.8) is 0 Å². The Morgan fingerprint density at radius 1 is 1.25 bits per heavy atom. The maximum absolute atomic E-state index is 11.8. The Bertz CT molecular complexity index is 463. The van der Waals surface area contributed by atoms with Crippen molar-refractivity contribution in [2.45, 2.75) is 37.9 Å². The highest BCUT2D eigenvalue weighted by Gasteiger charge is 2.12. The van der Waals surface area contributed by atoms with E-state index in [4.69, 9.17) is 0 Å². The normalized spacial score (nSPS) is 11.8. The number of hydrogen-bond acceptors (Lipinski definition) is 2. The second-order valence-electron chi connectivity index (χ2n) is 4.48. The van der Waals surface area contributed by atoms with E-state index in [1.165, 1.54) is 0 Å². The lowest BCUT2D eigenvalue weighted by Gasteiger charge is -2.11. The van der Waals surface area contributed by atoms with Gasteiger partial charge in [0.25, 0.3) is 0 Å². The van der Waals surface area contributed by atoms with Crippen LogP contribution in [-0.4, -0.2) is 23.2 Å². The van der Waals surface area contributed by atoms with Crippen molar-refractivity contribution in [2.75, 3.05) is 11.9 Å². The number of carbonyl (C=O) groups excluding carboxylic acids is 2. The Kier molecular flexibility index (Phi) is 7.30. The van der Waals surface area contributed by atoms with Gasteiger partial charge in [0.15, 0.2) is 0 Å². The van der Waals surface area contributed by atoms with Gasteiger partial charge in [-0.15, -0.1) is 0 Å². The van der Waals surface area contributed by atoms with Crippen LogP contribution < -0.4 is 10.6 Å². The minimum atomic E-state index is -0.189. The summed E-state index contributed by atoms with van der Waals surface area (Å²) < 4.78 is 0. The van der Waals surface area contributed by atoms with Gasteiger partial charge in [0.05, 0.1) is 4.83 Å². The number of nitrogens with one attached hydrogen (secondary N) is 2. The number of aryl methyl sites for hydroxylation is 1. The van der Waals surface area contributed by atoms with E-state index in [1.807, 2.05) is 38.1 Å². The molecule has 0 fully saturated rings. The topological polar surface area (TPSA) is 58.2 Å². The van der Waals surface area contributed by atoms with E-state index in [1.54, 1.807) is 0 Å². The SMILES string of the molecule is CCc1ccccc1NC(=O)CCNC(=O)[C@@H](Br)CC. The third-order valence-corrected chi connectivity index (χ3v) is 4.03. The molecule has 0 aliphatic heterocycles. The van der Waals surface area contributed by atoms with Crippen molar-refractivity contribution in [2.24, 2.45) is 0 Å². The Morgan fingerprint density at radius 2 is 1.95 bits per heavy atom. The first kappa shape index (κ1) is 16.7. The van der Waals surface area contributed by atoms with E-state index in [0.29, 0.717) is 6.54 Å². The molecule has 4 nitrogen and oxygen atoms in total. The molecule has 0 unspecified atom stereocenters. The minimum absolute atomic E-state index is 0.0748. The van der Waals surface area contributed by atoms with Crippen LogP contribution >= 0.6 is 15.9 Å². The summed E-state index contributed by atoms with van der Waals surface area (Å²) in [6, 6.07) is 7.73. The lowest BCUT2D eigenvalue weighted by Crippen LogP contribution is -2.33. The number of halogens is 1. The van der Waals surface area contributed by atoms with Gasteiger partial charge in [0, 0.05) is 18.7 Å². The molecule has 2 N–H and O–H groups in total. The lowest BCUT2D eigenvalue weighted by molar-refractivity contribution is -0.120. The molecule has 1 aromatic rings. The molecule has 1 aromatic carbocycles. The fraction of sp³-hybridized carbons (Fsp3) is 0.467. The number of benzene rings is 1. The van der Waals surface area contributed by atoms with Gasteiger partial charge in [-0.3, -0.25) is 9.59 Å². The van der Waals surface area contributed by atoms with Crippen LogP contribution in [0.1, 0.15) is 32.3 Å². The molecule has 0 radical (unpaired) electrons. The van der Waals surface area contributed by atoms with E-state index in [2.05, 4.69) is 26.6 Å². The van der Waals surface area contributed by atoms with Crippen molar-refractivity contribution in [3.05, 3.63) is 29.8 Å². The van der Waals surface area contributed by atoms with E-state index >= 15 is 0 Å². The summed E-state index contributed by atoms with van der Waals surface area (Å²) in [6.07, 6.45) is 1.87. The Labute approximate surface area is 128 Å². The average molecular weight is 341 g/mol.